The van der Waals surface area contributed by atoms with Crippen molar-refractivity contribution in [2.75, 3.05) is 18.4 Å². The number of pyridine rings is 2. The number of hydrogen-bond donors (Lipinski definition) is 2. The van der Waals surface area contributed by atoms with E-state index >= 15 is 0 Å². The van der Waals surface area contributed by atoms with Crippen molar-refractivity contribution in [3.05, 3.63) is 76.3 Å². The minimum atomic E-state index is -1.16. The normalized spacial score (nSPS) is 17.9. The van der Waals surface area contributed by atoms with E-state index in [9.17, 15) is 14.0 Å². The number of ether oxygens (including phenoxy) is 1. The fraction of sp³-hybridized carbons (Fsp3) is 0.379. The summed E-state index contributed by atoms with van der Waals surface area (Å²) in [5.41, 5.74) is 3.86. The molecule has 4 rings (SSSR count). The molecule has 0 aliphatic carbocycles. The lowest BCUT2D eigenvalue weighted by molar-refractivity contribution is 0.0389. The fourth-order valence-corrected chi connectivity index (χ4v) is 4.71. The number of aromatic nitrogens is 2. The van der Waals surface area contributed by atoms with Crippen LogP contribution in [0.1, 0.15) is 48.9 Å². The zero-order valence-corrected chi connectivity index (χ0v) is 24.1. The smallest absolute Gasteiger partial charge is 0.408 e. The highest BCUT2D eigenvalue weighted by atomic mass is 79.9. The molecule has 1 aromatic carbocycles. The Kier molecular flexibility index (Phi) is 8.97. The first-order valence-corrected chi connectivity index (χ1v) is 13.6. The lowest BCUT2D eigenvalue weighted by Crippen LogP contribution is -2.54. The molecule has 2 aromatic heterocycles. The van der Waals surface area contributed by atoms with Crippen LogP contribution in [0.3, 0.4) is 0 Å². The molecule has 0 spiro atoms. The number of hydrogen-bond acceptors (Lipinski definition) is 6. The van der Waals surface area contributed by atoms with Gasteiger partial charge in [-0.3, -0.25) is 19.7 Å². The van der Waals surface area contributed by atoms with Crippen molar-refractivity contribution in [3.63, 3.8) is 0 Å². The number of alkyl carbamates (subject to hydrolysis) is 1. The maximum absolute atomic E-state index is 14.7. The number of nitrogens with one attached hydrogen (secondary N) is 2. The molecule has 2 atom stereocenters. The third-order valence-electron chi connectivity index (χ3n) is 6.17. The molecule has 2 amide bonds. The maximum Gasteiger partial charge on any atom is 0.408 e. The van der Waals surface area contributed by atoms with Gasteiger partial charge in [-0.25, -0.2) is 9.18 Å². The molecule has 2 N–H and O–H groups in total. The molecule has 10 heteroatoms. The van der Waals surface area contributed by atoms with Crippen molar-refractivity contribution in [1.82, 2.24) is 20.2 Å². The minimum Gasteiger partial charge on any atom is -0.444 e. The van der Waals surface area contributed by atoms with Crippen LogP contribution in [-0.4, -0.2) is 57.8 Å². The van der Waals surface area contributed by atoms with E-state index in [1.54, 1.807) is 45.3 Å². The van der Waals surface area contributed by atoms with Crippen molar-refractivity contribution in [1.29, 1.82) is 0 Å². The molecular weight excluding hydrogens is 565 g/mol. The predicted molar refractivity (Wildman–Crippen MR) is 152 cm³/mol. The summed E-state index contributed by atoms with van der Waals surface area (Å²) in [6.45, 7) is 8.61. The molecule has 39 heavy (non-hydrogen) atoms. The van der Waals surface area contributed by atoms with E-state index in [2.05, 4.69) is 41.4 Å². The fourth-order valence-electron chi connectivity index (χ4n) is 4.37. The van der Waals surface area contributed by atoms with Crippen molar-refractivity contribution in [2.24, 2.45) is 0 Å². The Morgan fingerprint density at radius 2 is 1.92 bits per heavy atom. The Labute approximate surface area is 236 Å². The molecule has 0 bridgehead atoms. The monoisotopic (exact) mass is 597 g/mol. The number of halogens is 2. The van der Waals surface area contributed by atoms with Gasteiger partial charge in [0.15, 0.2) is 0 Å². The molecule has 0 saturated carbocycles. The molecule has 1 fully saturated rings. The van der Waals surface area contributed by atoms with Gasteiger partial charge in [0.05, 0.1) is 6.04 Å². The van der Waals surface area contributed by atoms with Gasteiger partial charge < -0.3 is 15.4 Å². The molecule has 206 valence electrons. The van der Waals surface area contributed by atoms with Crippen LogP contribution in [-0.2, 0) is 11.3 Å². The van der Waals surface area contributed by atoms with E-state index in [4.69, 9.17) is 4.74 Å². The third-order valence-corrected chi connectivity index (χ3v) is 6.66. The zero-order chi connectivity index (χ0) is 28.2. The van der Waals surface area contributed by atoms with Crippen LogP contribution in [0.15, 0.2) is 59.3 Å². The molecule has 0 radical (unpaired) electrons. The SMILES string of the molecule is Cc1ccc(-c2cc(CN3CC[C@@H](F)[C@H](NC(=O)OC(C)(C)C)C3)cc(NC(=O)c3cc(Br)ccn3)c2)cn1. The van der Waals surface area contributed by atoms with E-state index in [0.29, 0.717) is 31.7 Å². The van der Waals surface area contributed by atoms with Crippen molar-refractivity contribution in [2.45, 2.75) is 58.5 Å². The number of benzene rings is 1. The first-order valence-electron chi connectivity index (χ1n) is 12.8. The maximum atomic E-state index is 14.7. The van der Waals surface area contributed by atoms with E-state index in [0.717, 1.165) is 26.9 Å². The summed E-state index contributed by atoms with van der Waals surface area (Å²) in [5.74, 6) is -0.332. The highest BCUT2D eigenvalue weighted by Gasteiger charge is 2.32. The molecule has 1 aliphatic heterocycles. The standard InChI is InChI=1S/C29H33BrFN5O3/c1-18-5-6-20(15-33-18)21-11-19(12-23(13-21)34-27(37)25-14-22(30)7-9-32-25)16-36-10-8-24(31)26(17-36)35-28(38)39-29(2,3)4/h5-7,9,11-15,24,26H,8,10,16-17H2,1-4H3,(H,34,37)(H,35,38)/t24-,26-/m1/s1. The lowest BCUT2D eigenvalue weighted by Gasteiger charge is -2.35. The molecule has 3 aromatic rings. The second-order valence-electron chi connectivity index (χ2n) is 10.7. The van der Waals surface area contributed by atoms with Gasteiger partial charge in [-0.15, -0.1) is 0 Å². The van der Waals surface area contributed by atoms with Crippen LogP contribution < -0.4 is 10.6 Å². The second-order valence-corrected chi connectivity index (χ2v) is 11.6. The summed E-state index contributed by atoms with van der Waals surface area (Å²) in [6, 6.07) is 12.5. The van der Waals surface area contributed by atoms with Crippen LogP contribution in [0.2, 0.25) is 0 Å². The third kappa shape index (κ3) is 8.31. The Bertz CT molecular complexity index is 1330. The van der Waals surface area contributed by atoms with Gasteiger partial charge in [0, 0.05) is 53.4 Å². The number of carbonyl (C=O) groups excluding carboxylic acids is 2. The number of aryl methyl sites for hydroxylation is 1. The Morgan fingerprint density at radius 3 is 2.62 bits per heavy atom. The van der Waals surface area contributed by atoms with Crippen LogP contribution in [0.25, 0.3) is 11.1 Å². The van der Waals surface area contributed by atoms with Gasteiger partial charge in [0.2, 0.25) is 0 Å². The lowest BCUT2D eigenvalue weighted by atomic mass is 10.00. The minimum absolute atomic E-state index is 0.286. The van der Waals surface area contributed by atoms with Crippen LogP contribution in [0, 0.1) is 6.92 Å². The van der Waals surface area contributed by atoms with E-state index in [-0.39, 0.29) is 11.6 Å². The largest absolute Gasteiger partial charge is 0.444 e. The average molecular weight is 599 g/mol. The molecule has 8 nitrogen and oxygen atoms in total. The Balaban J connectivity index is 1.55. The van der Waals surface area contributed by atoms with Crippen molar-refractivity contribution in [3.8, 4) is 11.1 Å². The van der Waals surface area contributed by atoms with Crippen LogP contribution in [0.5, 0.6) is 0 Å². The first kappa shape index (κ1) is 28.6. The number of rotatable bonds is 6. The number of piperidine rings is 1. The number of alkyl halides is 1. The summed E-state index contributed by atoms with van der Waals surface area (Å²) < 4.78 is 20.8. The van der Waals surface area contributed by atoms with Crippen molar-refractivity contribution >= 4 is 33.6 Å². The van der Waals surface area contributed by atoms with Gasteiger partial charge in [0.1, 0.15) is 17.5 Å². The van der Waals surface area contributed by atoms with Gasteiger partial charge in [-0.05, 0) is 81.6 Å². The van der Waals surface area contributed by atoms with E-state index in [1.807, 2.05) is 37.3 Å². The predicted octanol–water partition coefficient (Wildman–Crippen LogP) is 5.90. The Hall–Kier alpha value is -3.37. The molecule has 3 heterocycles. The topological polar surface area (TPSA) is 96.5 Å². The van der Waals surface area contributed by atoms with Gasteiger partial charge in [-0.2, -0.15) is 0 Å². The number of amides is 2. The first-order chi connectivity index (χ1) is 18.4. The summed E-state index contributed by atoms with van der Waals surface area (Å²) in [6.07, 6.45) is 1.86. The number of carbonyl (C=O) groups is 2. The van der Waals surface area contributed by atoms with Crippen LogP contribution >= 0.6 is 15.9 Å². The van der Waals surface area contributed by atoms with Crippen molar-refractivity contribution < 1.29 is 18.7 Å². The zero-order valence-electron chi connectivity index (χ0n) is 22.5. The highest BCUT2D eigenvalue weighted by Crippen LogP contribution is 2.27. The number of nitrogens with zero attached hydrogens (tertiary/aromatic N) is 3. The van der Waals surface area contributed by atoms with E-state index < -0.39 is 23.9 Å². The van der Waals surface area contributed by atoms with Gasteiger partial charge >= 0.3 is 6.09 Å². The second kappa shape index (κ2) is 12.2. The van der Waals surface area contributed by atoms with Gasteiger partial charge in [0.25, 0.3) is 5.91 Å². The average Bonchev–Trinajstić information content (AvgIpc) is 2.85. The highest BCUT2D eigenvalue weighted by molar-refractivity contribution is 9.10. The van der Waals surface area contributed by atoms with E-state index in [1.165, 1.54) is 0 Å². The Morgan fingerprint density at radius 1 is 1.13 bits per heavy atom. The molecule has 1 aliphatic rings. The van der Waals surface area contributed by atoms with Gasteiger partial charge in [-0.1, -0.05) is 22.0 Å². The summed E-state index contributed by atoms with van der Waals surface area (Å²) in [4.78, 5) is 35.9. The summed E-state index contributed by atoms with van der Waals surface area (Å²) >= 11 is 3.38. The molecular formula is C29H33BrFN5O3. The summed E-state index contributed by atoms with van der Waals surface area (Å²) in [5, 5.41) is 5.64. The molecule has 0 unspecified atom stereocenters. The van der Waals surface area contributed by atoms with Crippen LogP contribution in [0.4, 0.5) is 14.9 Å². The quantitative estimate of drug-likeness (QED) is 0.367. The molecule has 1 saturated heterocycles. The number of likely N-dealkylation sites (tertiary alicyclic amines) is 1. The summed E-state index contributed by atoms with van der Waals surface area (Å²) in [7, 11) is 0. The number of anilines is 1.